The van der Waals surface area contributed by atoms with Gasteiger partial charge in [-0.3, -0.25) is 4.79 Å². The van der Waals surface area contributed by atoms with Gasteiger partial charge in [0.2, 0.25) is 0 Å². The number of halogens is 1. The van der Waals surface area contributed by atoms with Crippen molar-refractivity contribution < 1.29 is 19.1 Å². The molecular weight excluding hydrogens is 332 g/mol. The predicted octanol–water partition coefficient (Wildman–Crippen LogP) is 2.09. The molecule has 1 atom stereocenters. The molecule has 1 aliphatic rings. The molecule has 7 heteroatoms. The number of esters is 1. The van der Waals surface area contributed by atoms with E-state index < -0.39 is 18.5 Å². The lowest BCUT2D eigenvalue weighted by Gasteiger charge is -2.10. The number of amides is 1. The van der Waals surface area contributed by atoms with E-state index in [1.165, 1.54) is 6.08 Å². The number of hydrogen-bond donors (Lipinski definition) is 1. The molecule has 1 aliphatic heterocycles. The minimum Gasteiger partial charge on any atom is -0.451 e. The molecule has 1 aromatic rings. The van der Waals surface area contributed by atoms with Gasteiger partial charge in [0.15, 0.2) is 6.61 Å². The Morgan fingerprint density at radius 1 is 1.42 bits per heavy atom. The third-order valence-electron chi connectivity index (χ3n) is 3.41. The quantitative estimate of drug-likeness (QED) is 0.483. The molecule has 24 heavy (non-hydrogen) atoms. The van der Waals surface area contributed by atoms with Crippen LogP contribution < -0.4 is 5.32 Å². The minimum atomic E-state index is -0.847. The number of nitriles is 1. The molecular formula is C17H17ClN2O4. The Morgan fingerprint density at radius 2 is 2.17 bits per heavy atom. The maximum Gasteiger partial charge on any atom is 0.349 e. The van der Waals surface area contributed by atoms with Crippen molar-refractivity contribution in [3.8, 4) is 6.07 Å². The van der Waals surface area contributed by atoms with E-state index in [0.717, 1.165) is 12.8 Å². The van der Waals surface area contributed by atoms with Gasteiger partial charge in [0, 0.05) is 18.2 Å². The first-order valence-electron chi connectivity index (χ1n) is 7.51. The lowest BCUT2D eigenvalue weighted by Crippen LogP contribution is -2.34. The van der Waals surface area contributed by atoms with Gasteiger partial charge in [-0.05, 0) is 36.6 Å². The number of nitrogens with zero attached hydrogens (tertiary/aromatic N) is 1. The molecule has 6 nitrogen and oxygen atoms in total. The highest BCUT2D eigenvalue weighted by atomic mass is 35.5. The fourth-order valence-electron chi connectivity index (χ4n) is 2.16. The van der Waals surface area contributed by atoms with Crippen LogP contribution in [0.2, 0.25) is 5.02 Å². The fraction of sp³-hybridized carbons (Fsp3) is 0.353. The molecule has 1 N–H and O–H groups in total. The van der Waals surface area contributed by atoms with Gasteiger partial charge in [-0.1, -0.05) is 23.7 Å². The Bertz CT molecular complexity index is 658. The first-order chi connectivity index (χ1) is 11.6. The van der Waals surface area contributed by atoms with Crippen LogP contribution in [0.15, 0.2) is 29.8 Å². The van der Waals surface area contributed by atoms with Gasteiger partial charge in [0.05, 0.1) is 6.10 Å². The zero-order chi connectivity index (χ0) is 17.4. The van der Waals surface area contributed by atoms with Crippen LogP contribution in [-0.2, 0) is 19.1 Å². The van der Waals surface area contributed by atoms with Crippen molar-refractivity contribution in [2.75, 3.05) is 19.8 Å². The van der Waals surface area contributed by atoms with Gasteiger partial charge in [-0.15, -0.1) is 0 Å². The van der Waals surface area contributed by atoms with Crippen molar-refractivity contribution in [2.45, 2.75) is 18.9 Å². The molecule has 1 amide bonds. The van der Waals surface area contributed by atoms with Gasteiger partial charge >= 0.3 is 5.97 Å². The van der Waals surface area contributed by atoms with Crippen molar-refractivity contribution in [1.82, 2.24) is 5.32 Å². The largest absolute Gasteiger partial charge is 0.451 e. The van der Waals surface area contributed by atoms with Gasteiger partial charge < -0.3 is 14.8 Å². The number of benzene rings is 1. The van der Waals surface area contributed by atoms with Crippen molar-refractivity contribution in [1.29, 1.82) is 5.26 Å². The average Bonchev–Trinajstić information content (AvgIpc) is 3.11. The van der Waals surface area contributed by atoms with Gasteiger partial charge in [0.1, 0.15) is 11.6 Å². The van der Waals surface area contributed by atoms with Crippen LogP contribution in [-0.4, -0.2) is 37.7 Å². The SMILES string of the molecule is N#C/C(=C\c1ccc(Cl)cc1)C(=O)OCC(=O)NC[C@H]1CCCO1. The third kappa shape index (κ3) is 5.69. The number of carbonyl (C=O) groups is 2. The first kappa shape index (κ1) is 18.0. The highest BCUT2D eigenvalue weighted by molar-refractivity contribution is 6.30. The van der Waals surface area contributed by atoms with Crippen LogP contribution in [0.5, 0.6) is 0 Å². The topological polar surface area (TPSA) is 88.4 Å². The summed E-state index contributed by atoms with van der Waals surface area (Å²) in [5, 5.41) is 12.2. The Labute approximate surface area is 145 Å². The summed E-state index contributed by atoms with van der Waals surface area (Å²) < 4.78 is 10.2. The summed E-state index contributed by atoms with van der Waals surface area (Å²) in [6, 6.07) is 8.39. The summed E-state index contributed by atoms with van der Waals surface area (Å²) in [6.45, 7) is 0.657. The predicted molar refractivity (Wildman–Crippen MR) is 88.0 cm³/mol. The molecule has 1 saturated heterocycles. The third-order valence-corrected chi connectivity index (χ3v) is 3.66. The summed E-state index contributed by atoms with van der Waals surface area (Å²) in [6.07, 6.45) is 3.28. The summed E-state index contributed by atoms with van der Waals surface area (Å²) in [5.41, 5.74) is 0.444. The van der Waals surface area contributed by atoms with Crippen LogP contribution in [0, 0.1) is 11.3 Å². The zero-order valence-electron chi connectivity index (χ0n) is 13.0. The van der Waals surface area contributed by atoms with Crippen LogP contribution in [0.25, 0.3) is 6.08 Å². The van der Waals surface area contributed by atoms with E-state index in [9.17, 15) is 9.59 Å². The second kappa shape index (κ2) is 9.06. The molecule has 2 rings (SSSR count). The minimum absolute atomic E-state index is 0.0177. The van der Waals surface area contributed by atoms with Gasteiger partial charge in [-0.25, -0.2) is 4.79 Å². The van der Waals surface area contributed by atoms with E-state index in [1.54, 1.807) is 30.3 Å². The first-order valence-corrected chi connectivity index (χ1v) is 7.89. The Kier molecular flexibility index (Phi) is 6.79. The molecule has 1 heterocycles. The van der Waals surface area contributed by atoms with Crippen LogP contribution in [0.1, 0.15) is 18.4 Å². The van der Waals surface area contributed by atoms with E-state index in [0.29, 0.717) is 23.7 Å². The molecule has 1 aromatic carbocycles. The number of rotatable bonds is 6. The van der Waals surface area contributed by atoms with E-state index in [4.69, 9.17) is 26.3 Å². The van der Waals surface area contributed by atoms with Gasteiger partial charge in [0.25, 0.3) is 5.91 Å². The molecule has 0 saturated carbocycles. The zero-order valence-corrected chi connectivity index (χ0v) is 13.7. The fourth-order valence-corrected chi connectivity index (χ4v) is 2.28. The Balaban J connectivity index is 1.82. The number of hydrogen-bond acceptors (Lipinski definition) is 5. The normalized spacial score (nSPS) is 17.2. The van der Waals surface area contributed by atoms with E-state index in [-0.39, 0.29) is 11.7 Å². The second-order valence-corrected chi connectivity index (χ2v) is 5.67. The molecule has 0 bridgehead atoms. The molecule has 1 fully saturated rings. The lowest BCUT2D eigenvalue weighted by atomic mass is 10.1. The van der Waals surface area contributed by atoms with Crippen molar-refractivity contribution in [3.63, 3.8) is 0 Å². The van der Waals surface area contributed by atoms with Crippen LogP contribution in [0.4, 0.5) is 0 Å². The van der Waals surface area contributed by atoms with Crippen molar-refractivity contribution in [3.05, 3.63) is 40.4 Å². The molecule has 0 spiro atoms. The number of ether oxygens (including phenoxy) is 2. The maximum atomic E-state index is 11.9. The standard InChI is InChI=1S/C17H17ClN2O4/c18-14-5-3-12(4-6-14)8-13(9-19)17(22)24-11-16(21)20-10-15-2-1-7-23-15/h3-6,8,15H,1-2,7,10-11H2,(H,20,21)/b13-8+/t15-/m1/s1. The molecule has 0 unspecified atom stereocenters. The van der Waals surface area contributed by atoms with Crippen molar-refractivity contribution >= 4 is 29.6 Å². The van der Waals surface area contributed by atoms with Gasteiger partial charge in [-0.2, -0.15) is 5.26 Å². The second-order valence-electron chi connectivity index (χ2n) is 5.24. The van der Waals surface area contributed by atoms with E-state index in [2.05, 4.69) is 5.32 Å². The Morgan fingerprint density at radius 3 is 2.79 bits per heavy atom. The van der Waals surface area contributed by atoms with Crippen LogP contribution >= 0.6 is 11.6 Å². The van der Waals surface area contributed by atoms with Crippen LogP contribution in [0.3, 0.4) is 0 Å². The molecule has 0 radical (unpaired) electrons. The Hall–Kier alpha value is -2.36. The summed E-state index contributed by atoms with van der Waals surface area (Å²) >= 11 is 5.78. The number of carbonyl (C=O) groups excluding carboxylic acids is 2. The summed E-state index contributed by atoms with van der Waals surface area (Å²) in [5.74, 6) is -1.28. The smallest absolute Gasteiger partial charge is 0.349 e. The molecule has 0 aromatic heterocycles. The van der Waals surface area contributed by atoms with Crippen molar-refractivity contribution in [2.24, 2.45) is 0 Å². The van der Waals surface area contributed by atoms with E-state index >= 15 is 0 Å². The molecule has 126 valence electrons. The number of nitrogens with one attached hydrogen (secondary N) is 1. The summed E-state index contributed by atoms with van der Waals surface area (Å²) in [7, 11) is 0. The molecule has 0 aliphatic carbocycles. The van der Waals surface area contributed by atoms with E-state index in [1.807, 2.05) is 0 Å². The highest BCUT2D eigenvalue weighted by Crippen LogP contribution is 2.13. The maximum absolute atomic E-state index is 11.9. The summed E-state index contributed by atoms with van der Waals surface area (Å²) in [4.78, 5) is 23.5. The monoisotopic (exact) mass is 348 g/mol. The highest BCUT2D eigenvalue weighted by Gasteiger charge is 2.17. The lowest BCUT2D eigenvalue weighted by molar-refractivity contribution is -0.144. The average molecular weight is 349 g/mol.